The fraction of sp³-hybridized carbons (Fsp3) is 0.882. The summed E-state index contributed by atoms with van der Waals surface area (Å²) in [7, 11) is 0. The Hall–Kier alpha value is -0.0603. The zero-order chi connectivity index (χ0) is 28.4. The van der Waals surface area contributed by atoms with E-state index in [1.165, 1.54) is 135 Å². The molecule has 0 aliphatic carbocycles. The quantitative estimate of drug-likeness (QED) is 0.0507. The summed E-state index contributed by atoms with van der Waals surface area (Å²) in [6.07, 6.45) is 37.8. The molecule has 0 spiro atoms. The topological polar surface area (TPSA) is 80.3 Å². The molecule has 0 fully saturated rings. The van der Waals surface area contributed by atoms with Crippen LogP contribution in [0.2, 0.25) is 0 Å². The number of aliphatic carboxylic acids is 2. The third-order valence-electron chi connectivity index (χ3n) is 7.13. The fourth-order valence-corrected chi connectivity index (χ4v) is 4.63. The van der Waals surface area contributed by atoms with E-state index in [0.29, 0.717) is 0 Å². The third-order valence-corrected chi connectivity index (χ3v) is 7.13. The van der Waals surface area contributed by atoms with Gasteiger partial charge < -0.3 is 19.8 Å². The van der Waals surface area contributed by atoms with Gasteiger partial charge in [0.1, 0.15) is 0 Å². The summed E-state index contributed by atoms with van der Waals surface area (Å²) in [5.41, 5.74) is 0. The van der Waals surface area contributed by atoms with Crippen LogP contribution in [0.3, 0.4) is 0 Å². The number of carbonyl (C=O) groups is 2. The second-order valence-corrected chi connectivity index (χ2v) is 11.1. The fourth-order valence-electron chi connectivity index (χ4n) is 4.63. The normalized spacial score (nSPS) is 10.7. The Labute approximate surface area is 273 Å². The Bertz CT molecular complexity index is 507. The molecule has 0 aromatic heterocycles. The smallest absolute Gasteiger partial charge is 0.550 e. The van der Waals surface area contributed by atoms with Crippen LogP contribution in [0.5, 0.6) is 0 Å². The van der Waals surface area contributed by atoms with Gasteiger partial charge in [-0.1, -0.05) is 154 Å². The van der Waals surface area contributed by atoms with Gasteiger partial charge in [-0.15, -0.1) is 0 Å². The number of carboxylic acid groups (broad SMARTS) is 2. The number of carbonyl (C=O) groups excluding carboxylic acids is 2. The van der Waals surface area contributed by atoms with Crippen LogP contribution in [0.25, 0.3) is 0 Å². The van der Waals surface area contributed by atoms with E-state index in [1.54, 1.807) is 0 Å². The Morgan fingerprint density at radius 1 is 0.410 bits per heavy atom. The first-order valence-electron chi connectivity index (χ1n) is 16.6. The Morgan fingerprint density at radius 2 is 0.641 bits per heavy atom. The summed E-state index contributed by atoms with van der Waals surface area (Å²) < 4.78 is 0. The van der Waals surface area contributed by atoms with Gasteiger partial charge in [0.2, 0.25) is 0 Å². The molecule has 0 aromatic rings. The van der Waals surface area contributed by atoms with Crippen molar-refractivity contribution >= 4 is 49.7 Å². The van der Waals surface area contributed by atoms with Gasteiger partial charge in [0.15, 0.2) is 0 Å². The van der Waals surface area contributed by atoms with E-state index in [9.17, 15) is 19.8 Å². The van der Waals surface area contributed by atoms with Crippen molar-refractivity contribution in [2.45, 2.75) is 194 Å². The zero-order valence-electron chi connectivity index (χ0n) is 26.3. The largest absolute Gasteiger partial charge is 2.00 e. The van der Waals surface area contributed by atoms with E-state index in [2.05, 4.69) is 26.0 Å². The van der Waals surface area contributed by atoms with Crippen LogP contribution in [0.1, 0.15) is 194 Å². The maximum Gasteiger partial charge on any atom is 2.00 e. The van der Waals surface area contributed by atoms with Gasteiger partial charge in [0.25, 0.3) is 0 Å². The van der Waals surface area contributed by atoms with Gasteiger partial charge >= 0.3 is 37.7 Å². The monoisotopic (exact) mass is 576 g/mol. The molecule has 0 unspecified atom stereocenters. The number of hydrogen-bond donors (Lipinski definition) is 0. The average Bonchev–Trinajstić information content (AvgIpc) is 2.89. The van der Waals surface area contributed by atoms with Crippen LogP contribution in [-0.4, -0.2) is 49.7 Å². The summed E-state index contributed by atoms with van der Waals surface area (Å²) in [5.74, 6) is -1.82. The van der Waals surface area contributed by atoms with Gasteiger partial charge in [-0.05, 0) is 51.4 Å². The van der Waals surface area contributed by atoms with Gasteiger partial charge in [-0.3, -0.25) is 0 Å². The average molecular weight is 577 g/mol. The number of allylic oxidation sites excluding steroid dienone is 2. The maximum absolute atomic E-state index is 10.2. The molecule has 0 aromatic carbocycles. The molecule has 0 N–H and O–H groups in total. The summed E-state index contributed by atoms with van der Waals surface area (Å²) in [6, 6.07) is 0. The van der Waals surface area contributed by atoms with Crippen LogP contribution in [0, 0.1) is 0 Å². The number of carboxylic acids is 2. The van der Waals surface area contributed by atoms with Gasteiger partial charge in [0, 0.05) is 11.9 Å². The molecule has 226 valence electrons. The Kier molecular flexibility index (Phi) is 44.6. The third kappa shape index (κ3) is 48.0. The molecule has 0 aliphatic heterocycles. The van der Waals surface area contributed by atoms with Crippen molar-refractivity contribution in [2.75, 3.05) is 0 Å². The van der Waals surface area contributed by atoms with Crippen LogP contribution < -0.4 is 10.2 Å². The second kappa shape index (κ2) is 40.1. The van der Waals surface area contributed by atoms with Crippen molar-refractivity contribution in [2.24, 2.45) is 0 Å². The van der Waals surface area contributed by atoms with Crippen LogP contribution in [0.4, 0.5) is 0 Å². The molecule has 0 amide bonds. The zero-order valence-corrected chi connectivity index (χ0v) is 28.5. The number of hydrogen-bond acceptors (Lipinski definition) is 4. The summed E-state index contributed by atoms with van der Waals surface area (Å²) in [4.78, 5) is 20.4. The molecule has 0 saturated carbocycles. The Balaban J connectivity index is -0.000000651. The molecular formula is C34H64CaO4. The summed E-state index contributed by atoms with van der Waals surface area (Å²) >= 11 is 0. The van der Waals surface area contributed by atoms with Crippen molar-refractivity contribution in [1.82, 2.24) is 0 Å². The molecule has 0 saturated heterocycles. The van der Waals surface area contributed by atoms with Crippen LogP contribution in [-0.2, 0) is 9.59 Å². The van der Waals surface area contributed by atoms with Gasteiger partial charge in [-0.25, -0.2) is 0 Å². The van der Waals surface area contributed by atoms with E-state index in [4.69, 9.17) is 0 Å². The van der Waals surface area contributed by atoms with E-state index >= 15 is 0 Å². The minimum atomic E-state index is -0.914. The van der Waals surface area contributed by atoms with Crippen LogP contribution in [0.15, 0.2) is 12.2 Å². The number of rotatable bonds is 29. The minimum absolute atomic E-state index is 0. The summed E-state index contributed by atoms with van der Waals surface area (Å²) in [6.45, 7) is 4.51. The summed E-state index contributed by atoms with van der Waals surface area (Å²) in [5, 5.41) is 20.4. The van der Waals surface area contributed by atoms with Crippen molar-refractivity contribution < 1.29 is 19.8 Å². The van der Waals surface area contributed by atoms with E-state index in [0.717, 1.165) is 32.1 Å². The predicted octanol–water partition coefficient (Wildman–Crippen LogP) is 8.61. The van der Waals surface area contributed by atoms with Crippen molar-refractivity contribution in [3.8, 4) is 0 Å². The molecule has 0 atom stereocenters. The molecule has 0 radical (unpaired) electrons. The second-order valence-electron chi connectivity index (χ2n) is 11.1. The van der Waals surface area contributed by atoms with E-state index < -0.39 is 11.9 Å². The standard InChI is InChI=1S/C18H34O2.C16H32O2.Ca/c1-2-3-4-5-6-7-8-9-10-11-12-13-14-15-16-17-18(19)20;1-2-3-4-5-6-7-8-9-10-11-12-13-14-15-16(17)18;/h9-10H,2-8,11-17H2,1H3,(H,19,20);2-15H2,1H3,(H,17,18);/q;;+2/p-2/b10-9-;;. The van der Waals surface area contributed by atoms with Crippen LogP contribution >= 0.6 is 0 Å². The number of unbranched alkanes of at least 4 members (excludes halogenated alkanes) is 23. The maximum atomic E-state index is 10.2. The van der Waals surface area contributed by atoms with Gasteiger partial charge in [0.05, 0.1) is 0 Å². The Morgan fingerprint density at radius 3 is 0.897 bits per heavy atom. The van der Waals surface area contributed by atoms with E-state index in [-0.39, 0.29) is 50.6 Å². The van der Waals surface area contributed by atoms with Crippen molar-refractivity contribution in [3.63, 3.8) is 0 Å². The molecule has 0 bridgehead atoms. The SMILES string of the molecule is CCCCCCCC/C=C\CCCCCCCC(=O)[O-].CCCCCCCCCCCCCCCC(=O)[O-].[Ca+2]. The minimum Gasteiger partial charge on any atom is -0.550 e. The molecule has 0 rings (SSSR count). The first-order valence-corrected chi connectivity index (χ1v) is 16.6. The molecule has 39 heavy (non-hydrogen) atoms. The first-order chi connectivity index (χ1) is 18.5. The molecule has 0 aliphatic rings. The molecule has 4 nitrogen and oxygen atoms in total. The van der Waals surface area contributed by atoms with Crippen molar-refractivity contribution in [1.29, 1.82) is 0 Å². The predicted molar refractivity (Wildman–Crippen MR) is 166 cm³/mol. The van der Waals surface area contributed by atoms with Crippen molar-refractivity contribution in [3.05, 3.63) is 12.2 Å². The van der Waals surface area contributed by atoms with E-state index in [1.807, 2.05) is 0 Å². The molecule has 0 heterocycles. The molecular weight excluding hydrogens is 512 g/mol. The molecule has 5 heteroatoms. The van der Waals surface area contributed by atoms with Gasteiger partial charge in [-0.2, -0.15) is 0 Å². The first kappa shape index (κ1) is 43.4.